The Hall–Kier alpha value is -0.176. The maximum absolute atomic E-state index is 11.4. The third-order valence-electron chi connectivity index (χ3n) is 6.40. The summed E-state index contributed by atoms with van der Waals surface area (Å²) in [5.41, 5.74) is 0. The van der Waals surface area contributed by atoms with E-state index in [1.807, 2.05) is 6.92 Å². The maximum Gasteiger partial charge on any atom is 0.312 e. The lowest BCUT2D eigenvalue weighted by atomic mass is 9.94. The Labute approximate surface area is 157 Å². The molecule has 0 unspecified atom stereocenters. The maximum atomic E-state index is 11.4. The summed E-state index contributed by atoms with van der Waals surface area (Å²) in [6.07, 6.45) is 0.675. The standard InChI is InChI=1S/C19H40O4Si2/c1-14-16(22-17(14)20)12-15(23-25(10,11)19(5,6)7)13-21-24(8,9)18(2,3)4/h14-16H,12-13H2,1-11H3/t14-,15-,16-/m0/s1. The minimum Gasteiger partial charge on any atom is -0.461 e. The van der Waals surface area contributed by atoms with E-state index < -0.39 is 16.6 Å². The largest absolute Gasteiger partial charge is 0.461 e. The fraction of sp³-hybridized carbons (Fsp3) is 0.947. The van der Waals surface area contributed by atoms with Gasteiger partial charge in [0.05, 0.1) is 18.6 Å². The zero-order valence-corrected chi connectivity index (χ0v) is 20.3. The van der Waals surface area contributed by atoms with Crippen molar-refractivity contribution in [1.29, 1.82) is 0 Å². The zero-order chi connectivity index (χ0) is 19.8. The Kier molecular flexibility index (Phi) is 6.81. The molecule has 0 radical (unpaired) electrons. The van der Waals surface area contributed by atoms with Crippen LogP contribution in [-0.2, 0) is 18.4 Å². The van der Waals surface area contributed by atoms with Crippen molar-refractivity contribution in [2.45, 2.75) is 103 Å². The lowest BCUT2D eigenvalue weighted by molar-refractivity contribution is -0.185. The number of ether oxygens (including phenoxy) is 1. The number of hydrogen-bond donors (Lipinski definition) is 0. The molecule has 25 heavy (non-hydrogen) atoms. The molecule has 1 saturated heterocycles. The molecule has 4 nitrogen and oxygen atoms in total. The van der Waals surface area contributed by atoms with Gasteiger partial charge in [-0.05, 0) is 43.2 Å². The smallest absolute Gasteiger partial charge is 0.312 e. The molecule has 1 rings (SSSR count). The molecule has 0 aromatic carbocycles. The summed E-state index contributed by atoms with van der Waals surface area (Å²) < 4.78 is 18.4. The molecule has 3 atom stereocenters. The van der Waals surface area contributed by atoms with Crippen molar-refractivity contribution in [1.82, 2.24) is 0 Å². The lowest BCUT2D eigenvalue weighted by Gasteiger charge is -2.43. The molecule has 0 N–H and O–H groups in total. The predicted molar refractivity (Wildman–Crippen MR) is 109 cm³/mol. The van der Waals surface area contributed by atoms with Crippen molar-refractivity contribution < 1.29 is 18.4 Å². The van der Waals surface area contributed by atoms with E-state index in [-0.39, 0.29) is 34.2 Å². The SMILES string of the molecule is C[C@@H]1C(=O)O[C@H]1C[C@@H](CO[Si](C)(C)C(C)(C)C)O[Si](C)(C)C(C)(C)C. The minimum absolute atomic E-state index is 0.0180. The van der Waals surface area contributed by atoms with Gasteiger partial charge in [-0.25, -0.2) is 0 Å². The molecule has 0 bridgehead atoms. The molecule has 148 valence electrons. The number of hydrogen-bond acceptors (Lipinski definition) is 4. The van der Waals surface area contributed by atoms with Crippen molar-refractivity contribution in [3.8, 4) is 0 Å². The second kappa shape index (κ2) is 7.45. The molecule has 0 spiro atoms. The van der Waals surface area contributed by atoms with Crippen LogP contribution in [0.4, 0.5) is 0 Å². The highest BCUT2D eigenvalue weighted by Gasteiger charge is 2.45. The first-order valence-electron chi connectivity index (χ1n) is 9.50. The van der Waals surface area contributed by atoms with Gasteiger partial charge >= 0.3 is 5.97 Å². The Balaban J connectivity index is 2.83. The van der Waals surface area contributed by atoms with Crippen LogP contribution in [0.3, 0.4) is 0 Å². The van der Waals surface area contributed by atoms with E-state index in [4.69, 9.17) is 13.6 Å². The lowest BCUT2D eigenvalue weighted by Crippen LogP contribution is -2.51. The van der Waals surface area contributed by atoms with E-state index in [1.165, 1.54) is 0 Å². The second-order valence-electron chi connectivity index (χ2n) is 10.6. The van der Waals surface area contributed by atoms with Crippen molar-refractivity contribution in [3.63, 3.8) is 0 Å². The molecule has 0 aliphatic carbocycles. The average Bonchev–Trinajstić information content (AvgIpc) is 2.41. The van der Waals surface area contributed by atoms with Gasteiger partial charge in [0, 0.05) is 6.42 Å². The Morgan fingerprint density at radius 1 is 1.00 bits per heavy atom. The highest BCUT2D eigenvalue weighted by atomic mass is 28.4. The van der Waals surface area contributed by atoms with E-state index in [1.54, 1.807) is 0 Å². The highest BCUT2D eigenvalue weighted by Crippen LogP contribution is 2.40. The molecule has 0 amide bonds. The molecule has 0 aromatic heterocycles. The molecule has 0 aromatic rings. The summed E-state index contributed by atoms with van der Waals surface area (Å²) in [4.78, 5) is 11.4. The van der Waals surface area contributed by atoms with Crippen LogP contribution in [0.1, 0.15) is 54.9 Å². The fourth-order valence-corrected chi connectivity index (χ4v) is 4.60. The number of carbonyl (C=O) groups is 1. The molecule has 1 fully saturated rings. The number of rotatable bonds is 7. The van der Waals surface area contributed by atoms with Gasteiger partial charge in [-0.15, -0.1) is 0 Å². The first-order chi connectivity index (χ1) is 11.0. The number of cyclic esters (lactones) is 1. The topological polar surface area (TPSA) is 44.8 Å². The van der Waals surface area contributed by atoms with Gasteiger partial charge in [0.1, 0.15) is 6.10 Å². The van der Waals surface area contributed by atoms with Crippen LogP contribution in [0.2, 0.25) is 36.3 Å². The van der Waals surface area contributed by atoms with Crippen molar-refractivity contribution in [3.05, 3.63) is 0 Å². The summed E-state index contributed by atoms with van der Waals surface area (Å²) in [5.74, 6) is -0.125. The molecule has 1 aliphatic heterocycles. The zero-order valence-electron chi connectivity index (χ0n) is 18.3. The third-order valence-corrected chi connectivity index (χ3v) is 15.4. The molecule has 6 heteroatoms. The van der Waals surface area contributed by atoms with Crippen LogP contribution in [0.5, 0.6) is 0 Å². The Morgan fingerprint density at radius 2 is 1.48 bits per heavy atom. The highest BCUT2D eigenvalue weighted by molar-refractivity contribution is 6.74. The van der Waals surface area contributed by atoms with Crippen molar-refractivity contribution >= 4 is 22.6 Å². The fourth-order valence-electron chi connectivity index (χ4n) is 2.21. The molecular weight excluding hydrogens is 348 g/mol. The normalized spacial score (nSPS) is 23.9. The molecular formula is C19H40O4Si2. The van der Waals surface area contributed by atoms with Gasteiger partial charge in [0.25, 0.3) is 0 Å². The van der Waals surface area contributed by atoms with E-state index in [0.717, 1.165) is 6.42 Å². The molecule has 1 heterocycles. The summed E-state index contributed by atoms with van der Waals surface area (Å²) in [6, 6.07) is 0. The summed E-state index contributed by atoms with van der Waals surface area (Å²) in [7, 11) is -3.74. The van der Waals surface area contributed by atoms with Crippen LogP contribution < -0.4 is 0 Å². The van der Waals surface area contributed by atoms with Crippen LogP contribution in [0.25, 0.3) is 0 Å². The van der Waals surface area contributed by atoms with Crippen molar-refractivity contribution in [2.24, 2.45) is 5.92 Å². The molecule has 1 aliphatic rings. The molecule has 0 saturated carbocycles. The first-order valence-corrected chi connectivity index (χ1v) is 15.3. The number of carbonyl (C=O) groups excluding carboxylic acids is 1. The van der Waals surface area contributed by atoms with Gasteiger partial charge < -0.3 is 13.6 Å². The Morgan fingerprint density at radius 3 is 1.84 bits per heavy atom. The van der Waals surface area contributed by atoms with E-state index in [9.17, 15) is 4.79 Å². The minimum atomic E-state index is -1.91. The monoisotopic (exact) mass is 388 g/mol. The first kappa shape index (κ1) is 22.9. The Bertz CT molecular complexity index is 475. The van der Waals surface area contributed by atoms with E-state index in [2.05, 4.69) is 67.7 Å². The van der Waals surface area contributed by atoms with E-state index >= 15 is 0 Å². The van der Waals surface area contributed by atoms with Crippen molar-refractivity contribution in [2.75, 3.05) is 6.61 Å². The summed E-state index contributed by atoms with van der Waals surface area (Å²) in [5, 5.41) is 0.314. The van der Waals surface area contributed by atoms with E-state index in [0.29, 0.717) is 6.61 Å². The van der Waals surface area contributed by atoms with Crippen LogP contribution in [0.15, 0.2) is 0 Å². The predicted octanol–water partition coefficient (Wildman–Crippen LogP) is 5.35. The quantitative estimate of drug-likeness (QED) is 0.435. The second-order valence-corrected chi connectivity index (χ2v) is 20.1. The summed E-state index contributed by atoms with van der Waals surface area (Å²) in [6.45, 7) is 25.1. The van der Waals surface area contributed by atoms with Crippen LogP contribution in [0, 0.1) is 5.92 Å². The van der Waals surface area contributed by atoms with Gasteiger partial charge in [0.15, 0.2) is 16.6 Å². The van der Waals surface area contributed by atoms with Gasteiger partial charge in [-0.2, -0.15) is 0 Å². The van der Waals surface area contributed by atoms with Gasteiger partial charge in [0.2, 0.25) is 0 Å². The summed E-state index contributed by atoms with van der Waals surface area (Å²) >= 11 is 0. The third kappa shape index (κ3) is 5.65. The average molecular weight is 389 g/mol. The van der Waals surface area contributed by atoms with Gasteiger partial charge in [-0.1, -0.05) is 41.5 Å². The number of esters is 1. The van der Waals surface area contributed by atoms with Crippen LogP contribution in [-0.4, -0.2) is 41.4 Å². The van der Waals surface area contributed by atoms with Gasteiger partial charge in [-0.3, -0.25) is 4.79 Å². The van der Waals surface area contributed by atoms with Crippen LogP contribution >= 0.6 is 0 Å².